The topological polar surface area (TPSA) is 59.1 Å². The zero-order chi connectivity index (χ0) is 15.1. The first-order chi connectivity index (χ1) is 8.33. The van der Waals surface area contributed by atoms with Gasteiger partial charge in [0.05, 0.1) is 0 Å². The van der Waals surface area contributed by atoms with Gasteiger partial charge in [0.2, 0.25) is 10.0 Å². The second-order valence-electron chi connectivity index (χ2n) is 4.83. The standard InChI is InChI=1S/C10H12ClF3N2O2S/c1-9(2,3)16-19(17,18)6-4-5-7(11)15-8(6)10(12,13)14/h4-5,16H,1-3H3. The first-order valence-corrected chi connectivity index (χ1v) is 6.97. The van der Waals surface area contributed by atoms with Crippen molar-refractivity contribution < 1.29 is 21.6 Å². The molecule has 0 aromatic carbocycles. The third-order valence-corrected chi connectivity index (χ3v) is 3.82. The highest BCUT2D eigenvalue weighted by molar-refractivity contribution is 7.89. The summed E-state index contributed by atoms with van der Waals surface area (Å²) in [5, 5.41) is -0.429. The zero-order valence-electron chi connectivity index (χ0n) is 10.3. The van der Waals surface area contributed by atoms with Gasteiger partial charge in [0.1, 0.15) is 10.0 Å². The zero-order valence-corrected chi connectivity index (χ0v) is 11.9. The minimum Gasteiger partial charge on any atom is -0.230 e. The molecule has 0 fully saturated rings. The summed E-state index contributed by atoms with van der Waals surface area (Å²) in [6.45, 7) is 4.55. The summed E-state index contributed by atoms with van der Waals surface area (Å²) in [5.41, 5.74) is -2.45. The average molecular weight is 317 g/mol. The van der Waals surface area contributed by atoms with E-state index in [1.54, 1.807) is 0 Å². The number of halogens is 4. The Labute approximate surface area is 114 Å². The normalized spacial score (nSPS) is 13.6. The van der Waals surface area contributed by atoms with Crippen molar-refractivity contribution in [2.75, 3.05) is 0 Å². The van der Waals surface area contributed by atoms with E-state index in [0.717, 1.165) is 12.1 Å². The molecule has 0 aliphatic heterocycles. The monoisotopic (exact) mass is 316 g/mol. The van der Waals surface area contributed by atoms with E-state index in [9.17, 15) is 21.6 Å². The minimum absolute atomic E-state index is 0.429. The van der Waals surface area contributed by atoms with Crippen LogP contribution in [0.15, 0.2) is 17.0 Å². The maximum atomic E-state index is 12.8. The van der Waals surface area contributed by atoms with Crippen molar-refractivity contribution >= 4 is 21.6 Å². The van der Waals surface area contributed by atoms with Crippen LogP contribution in [0.25, 0.3) is 0 Å². The smallest absolute Gasteiger partial charge is 0.230 e. The van der Waals surface area contributed by atoms with Gasteiger partial charge in [-0.3, -0.25) is 0 Å². The van der Waals surface area contributed by atoms with Crippen LogP contribution in [0, 0.1) is 0 Å². The Bertz CT molecular complexity index is 579. The van der Waals surface area contributed by atoms with Crippen LogP contribution in [0.1, 0.15) is 26.5 Å². The summed E-state index contributed by atoms with van der Waals surface area (Å²) < 4.78 is 64.3. The number of pyridine rings is 1. The van der Waals surface area contributed by atoms with Crippen LogP contribution in [0.5, 0.6) is 0 Å². The molecule has 1 aromatic rings. The molecule has 0 radical (unpaired) electrons. The third kappa shape index (κ3) is 4.32. The predicted molar refractivity (Wildman–Crippen MR) is 64.3 cm³/mol. The minimum atomic E-state index is -4.91. The van der Waals surface area contributed by atoms with Gasteiger partial charge in [-0.1, -0.05) is 11.6 Å². The molecule has 0 atom stereocenters. The summed E-state index contributed by atoms with van der Waals surface area (Å²) >= 11 is 5.38. The van der Waals surface area contributed by atoms with Gasteiger partial charge in [0.15, 0.2) is 5.69 Å². The van der Waals surface area contributed by atoms with Crippen molar-refractivity contribution in [2.45, 2.75) is 37.4 Å². The van der Waals surface area contributed by atoms with E-state index in [-0.39, 0.29) is 0 Å². The van der Waals surface area contributed by atoms with Crippen LogP contribution < -0.4 is 4.72 Å². The summed E-state index contributed by atoms with van der Waals surface area (Å²) in [4.78, 5) is 2.12. The van der Waals surface area contributed by atoms with Crippen LogP contribution >= 0.6 is 11.6 Å². The van der Waals surface area contributed by atoms with Crippen molar-refractivity contribution in [3.8, 4) is 0 Å². The number of hydrogen-bond acceptors (Lipinski definition) is 3. The van der Waals surface area contributed by atoms with Crippen LogP contribution in [-0.4, -0.2) is 18.9 Å². The second kappa shape index (κ2) is 4.92. The molecule has 0 aliphatic carbocycles. The molecule has 4 nitrogen and oxygen atoms in total. The number of nitrogens with one attached hydrogen (secondary N) is 1. The third-order valence-electron chi connectivity index (χ3n) is 1.82. The van der Waals surface area contributed by atoms with Crippen molar-refractivity contribution in [3.05, 3.63) is 23.0 Å². The Morgan fingerprint density at radius 3 is 2.16 bits per heavy atom. The molecule has 0 spiro atoms. The molecule has 1 N–H and O–H groups in total. The lowest BCUT2D eigenvalue weighted by atomic mass is 10.1. The fourth-order valence-electron chi connectivity index (χ4n) is 1.30. The maximum absolute atomic E-state index is 12.8. The predicted octanol–water partition coefficient (Wildman–Crippen LogP) is 2.83. The highest BCUT2D eigenvalue weighted by atomic mass is 35.5. The number of rotatable bonds is 2. The van der Waals surface area contributed by atoms with Crippen LogP contribution in [0.4, 0.5) is 13.2 Å². The van der Waals surface area contributed by atoms with E-state index in [4.69, 9.17) is 11.6 Å². The van der Waals surface area contributed by atoms with Gasteiger partial charge < -0.3 is 0 Å². The molecule has 0 saturated heterocycles. The summed E-state index contributed by atoms with van der Waals surface area (Å²) in [6.07, 6.45) is -4.91. The van der Waals surface area contributed by atoms with E-state index < -0.39 is 37.5 Å². The van der Waals surface area contributed by atoms with Crippen molar-refractivity contribution in [3.63, 3.8) is 0 Å². The molecule has 1 rings (SSSR count). The highest BCUT2D eigenvalue weighted by Gasteiger charge is 2.40. The van der Waals surface area contributed by atoms with Gasteiger partial charge in [-0.15, -0.1) is 0 Å². The first-order valence-electron chi connectivity index (χ1n) is 5.11. The molecule has 0 saturated carbocycles. The maximum Gasteiger partial charge on any atom is 0.434 e. The van der Waals surface area contributed by atoms with Crippen molar-refractivity contribution in [2.24, 2.45) is 0 Å². The van der Waals surface area contributed by atoms with Gasteiger partial charge in [-0.25, -0.2) is 18.1 Å². The SMILES string of the molecule is CC(C)(C)NS(=O)(=O)c1ccc(Cl)nc1C(F)(F)F. The molecular weight excluding hydrogens is 305 g/mol. The summed E-state index contributed by atoms with van der Waals surface area (Å²) in [7, 11) is -4.34. The highest BCUT2D eigenvalue weighted by Crippen LogP contribution is 2.33. The van der Waals surface area contributed by atoms with E-state index in [1.165, 1.54) is 20.8 Å². The number of alkyl halides is 3. The van der Waals surface area contributed by atoms with E-state index >= 15 is 0 Å². The van der Waals surface area contributed by atoms with Gasteiger partial charge in [-0.05, 0) is 32.9 Å². The van der Waals surface area contributed by atoms with E-state index in [1.807, 2.05) is 0 Å². The Hall–Kier alpha value is -0.860. The molecule has 1 aromatic heterocycles. The lowest BCUT2D eigenvalue weighted by Crippen LogP contribution is -2.41. The van der Waals surface area contributed by atoms with Crippen LogP contribution in [0.3, 0.4) is 0 Å². The summed E-state index contributed by atoms with van der Waals surface area (Å²) in [5.74, 6) is 0. The number of aromatic nitrogens is 1. The van der Waals surface area contributed by atoms with Crippen molar-refractivity contribution in [1.82, 2.24) is 9.71 Å². The Kier molecular flexibility index (Phi) is 4.19. The van der Waals surface area contributed by atoms with Gasteiger partial charge in [0, 0.05) is 5.54 Å². The molecule has 108 valence electrons. The van der Waals surface area contributed by atoms with Gasteiger partial charge in [0.25, 0.3) is 0 Å². The molecule has 19 heavy (non-hydrogen) atoms. The molecule has 0 aliphatic rings. The van der Waals surface area contributed by atoms with Crippen molar-refractivity contribution in [1.29, 1.82) is 0 Å². The van der Waals surface area contributed by atoms with Crippen LogP contribution in [-0.2, 0) is 16.2 Å². The first kappa shape index (κ1) is 16.2. The number of hydrogen-bond donors (Lipinski definition) is 1. The molecule has 0 unspecified atom stereocenters. The fourth-order valence-corrected chi connectivity index (χ4v) is 3.03. The average Bonchev–Trinajstić information content (AvgIpc) is 2.11. The lowest BCUT2D eigenvalue weighted by molar-refractivity contribution is -0.143. The molecule has 0 bridgehead atoms. The molecular formula is C10H12ClF3N2O2S. The quantitative estimate of drug-likeness (QED) is 0.854. The van der Waals surface area contributed by atoms with E-state index in [2.05, 4.69) is 9.71 Å². The van der Waals surface area contributed by atoms with E-state index in [0.29, 0.717) is 0 Å². The summed E-state index contributed by atoms with van der Waals surface area (Å²) in [6, 6.07) is 1.78. The Balaban J connectivity index is 3.44. The second-order valence-corrected chi connectivity index (χ2v) is 6.87. The lowest BCUT2D eigenvalue weighted by Gasteiger charge is -2.21. The Morgan fingerprint density at radius 1 is 1.21 bits per heavy atom. The van der Waals surface area contributed by atoms with Gasteiger partial charge >= 0.3 is 6.18 Å². The fraction of sp³-hybridized carbons (Fsp3) is 0.500. The number of nitrogens with zero attached hydrogens (tertiary/aromatic N) is 1. The molecule has 9 heteroatoms. The van der Waals surface area contributed by atoms with Crippen LogP contribution in [0.2, 0.25) is 5.15 Å². The Morgan fingerprint density at radius 2 is 1.74 bits per heavy atom. The molecule has 1 heterocycles. The van der Waals surface area contributed by atoms with Gasteiger partial charge in [-0.2, -0.15) is 13.2 Å². The number of sulfonamides is 1. The largest absolute Gasteiger partial charge is 0.434 e. The molecule has 0 amide bonds.